The lowest BCUT2D eigenvalue weighted by molar-refractivity contribution is 0.204. The lowest BCUT2D eigenvalue weighted by atomic mass is 10.1. The van der Waals surface area contributed by atoms with E-state index < -0.39 is 6.10 Å². The van der Waals surface area contributed by atoms with Crippen LogP contribution in [0.15, 0.2) is 47.9 Å². The monoisotopic (exact) mass is 247 g/mol. The number of aliphatic hydroxyl groups excluding tert-OH is 1. The molecule has 0 bridgehead atoms. The van der Waals surface area contributed by atoms with E-state index in [-0.39, 0.29) is 0 Å². The molecule has 0 fully saturated rings. The van der Waals surface area contributed by atoms with Crippen LogP contribution >= 0.6 is 11.8 Å². The number of thioether (sulfide) groups is 1. The fourth-order valence-electron chi connectivity index (χ4n) is 1.33. The van der Waals surface area contributed by atoms with Crippen LogP contribution in [0.2, 0.25) is 0 Å². The second-order valence-electron chi connectivity index (χ2n) is 3.52. The van der Waals surface area contributed by atoms with Gasteiger partial charge in [-0.05, 0) is 23.8 Å². The van der Waals surface area contributed by atoms with Crippen molar-refractivity contribution in [2.45, 2.75) is 11.3 Å². The molecule has 2 aromatic rings. The van der Waals surface area contributed by atoms with E-state index >= 15 is 0 Å². The number of aromatic nitrogens is 2. The molecule has 5 heteroatoms. The molecule has 17 heavy (non-hydrogen) atoms. The minimum absolute atomic E-state index is 0.522. The molecule has 0 radical (unpaired) electrons. The number of anilines is 1. The van der Waals surface area contributed by atoms with Crippen molar-refractivity contribution in [1.29, 1.82) is 0 Å². The standard InChI is InChI=1S/C12H13N3OS/c13-10-4-2-9(3-5-10)11(16)8-17-12-14-6-1-7-15-12/h1-7,11,16H,8,13H2. The Hall–Kier alpha value is -1.59. The van der Waals surface area contributed by atoms with Gasteiger partial charge in [-0.15, -0.1) is 0 Å². The zero-order valence-electron chi connectivity index (χ0n) is 9.15. The number of benzene rings is 1. The zero-order chi connectivity index (χ0) is 12.1. The van der Waals surface area contributed by atoms with Crippen LogP contribution in [0.5, 0.6) is 0 Å². The largest absolute Gasteiger partial charge is 0.399 e. The number of hydrogen-bond donors (Lipinski definition) is 2. The molecule has 0 saturated carbocycles. The number of nitrogens with two attached hydrogens (primary N) is 1. The Balaban J connectivity index is 1.93. The number of nitrogen functional groups attached to an aromatic ring is 1. The summed E-state index contributed by atoms with van der Waals surface area (Å²) in [5.74, 6) is 0.522. The van der Waals surface area contributed by atoms with E-state index in [0.717, 1.165) is 5.56 Å². The molecule has 1 aromatic carbocycles. The van der Waals surface area contributed by atoms with Crippen molar-refractivity contribution in [3.8, 4) is 0 Å². The Morgan fingerprint density at radius 2 is 1.82 bits per heavy atom. The molecule has 1 atom stereocenters. The minimum Gasteiger partial charge on any atom is -0.399 e. The first kappa shape index (κ1) is 11.9. The van der Waals surface area contributed by atoms with Crippen LogP contribution in [0.4, 0.5) is 5.69 Å². The van der Waals surface area contributed by atoms with E-state index in [4.69, 9.17) is 5.73 Å². The predicted molar refractivity (Wildman–Crippen MR) is 68.6 cm³/mol. The first-order valence-electron chi connectivity index (χ1n) is 5.19. The maximum absolute atomic E-state index is 9.96. The van der Waals surface area contributed by atoms with Gasteiger partial charge in [-0.25, -0.2) is 9.97 Å². The predicted octanol–water partition coefficient (Wildman–Crippen LogP) is 1.88. The van der Waals surface area contributed by atoms with Gasteiger partial charge >= 0.3 is 0 Å². The van der Waals surface area contributed by atoms with Gasteiger partial charge in [0.05, 0.1) is 6.10 Å². The van der Waals surface area contributed by atoms with Gasteiger partial charge in [-0.1, -0.05) is 23.9 Å². The number of nitrogens with zero attached hydrogens (tertiary/aromatic N) is 2. The van der Waals surface area contributed by atoms with Gasteiger partial charge in [0.15, 0.2) is 5.16 Å². The summed E-state index contributed by atoms with van der Waals surface area (Å²) < 4.78 is 0. The lowest BCUT2D eigenvalue weighted by Gasteiger charge is -2.09. The van der Waals surface area contributed by atoms with Gasteiger partial charge in [-0.3, -0.25) is 0 Å². The molecule has 2 rings (SSSR count). The van der Waals surface area contributed by atoms with Crippen LogP contribution in [0, 0.1) is 0 Å². The Bertz CT molecular complexity index is 461. The SMILES string of the molecule is Nc1ccc(C(O)CSc2ncccn2)cc1. The van der Waals surface area contributed by atoms with Crippen molar-refractivity contribution in [1.82, 2.24) is 9.97 Å². The van der Waals surface area contributed by atoms with Gasteiger partial charge in [0.2, 0.25) is 0 Å². The molecule has 0 saturated heterocycles. The van der Waals surface area contributed by atoms with Crippen molar-refractivity contribution in [2.24, 2.45) is 0 Å². The van der Waals surface area contributed by atoms with Gasteiger partial charge < -0.3 is 10.8 Å². The first-order valence-corrected chi connectivity index (χ1v) is 6.17. The Kier molecular flexibility index (Phi) is 3.95. The average Bonchev–Trinajstić information content (AvgIpc) is 2.38. The van der Waals surface area contributed by atoms with Gasteiger partial charge in [-0.2, -0.15) is 0 Å². The summed E-state index contributed by atoms with van der Waals surface area (Å²) in [6.07, 6.45) is 2.83. The average molecular weight is 247 g/mol. The van der Waals surface area contributed by atoms with Gasteiger partial charge in [0.1, 0.15) is 0 Å². The highest BCUT2D eigenvalue weighted by atomic mass is 32.2. The van der Waals surface area contributed by atoms with E-state index in [1.807, 2.05) is 12.1 Å². The summed E-state index contributed by atoms with van der Waals surface area (Å²) in [7, 11) is 0. The summed E-state index contributed by atoms with van der Waals surface area (Å²) in [5, 5.41) is 10.6. The molecular formula is C12H13N3OS. The third-order valence-corrected chi connectivity index (χ3v) is 3.19. The van der Waals surface area contributed by atoms with E-state index in [0.29, 0.717) is 16.6 Å². The van der Waals surface area contributed by atoms with Crippen molar-refractivity contribution < 1.29 is 5.11 Å². The number of rotatable bonds is 4. The van der Waals surface area contributed by atoms with Crippen LogP contribution in [0.3, 0.4) is 0 Å². The number of aliphatic hydroxyl groups is 1. The molecule has 0 aliphatic rings. The van der Waals surface area contributed by atoms with Crippen LogP contribution in [-0.4, -0.2) is 20.8 Å². The van der Waals surface area contributed by atoms with Crippen LogP contribution in [0.25, 0.3) is 0 Å². The second kappa shape index (κ2) is 5.65. The first-order chi connectivity index (χ1) is 8.25. The third-order valence-electron chi connectivity index (χ3n) is 2.23. The van der Waals surface area contributed by atoms with Crippen LogP contribution < -0.4 is 5.73 Å². The molecule has 0 aliphatic heterocycles. The van der Waals surface area contributed by atoms with Crippen molar-refractivity contribution >= 4 is 17.4 Å². The normalized spacial score (nSPS) is 12.3. The van der Waals surface area contributed by atoms with E-state index in [9.17, 15) is 5.11 Å². The van der Waals surface area contributed by atoms with E-state index in [1.54, 1.807) is 30.6 Å². The lowest BCUT2D eigenvalue weighted by Crippen LogP contribution is -2.01. The number of hydrogen-bond acceptors (Lipinski definition) is 5. The van der Waals surface area contributed by atoms with Gasteiger partial charge in [0, 0.05) is 23.8 Å². The highest BCUT2D eigenvalue weighted by Crippen LogP contribution is 2.22. The Labute approximate surface area is 104 Å². The van der Waals surface area contributed by atoms with Crippen LogP contribution in [0.1, 0.15) is 11.7 Å². The fraction of sp³-hybridized carbons (Fsp3) is 0.167. The summed E-state index contributed by atoms with van der Waals surface area (Å²) in [5.41, 5.74) is 7.13. The zero-order valence-corrected chi connectivity index (χ0v) is 9.97. The van der Waals surface area contributed by atoms with Crippen molar-refractivity contribution in [2.75, 3.05) is 11.5 Å². The molecule has 3 N–H and O–H groups in total. The second-order valence-corrected chi connectivity index (χ2v) is 4.51. The molecule has 1 heterocycles. The highest BCUT2D eigenvalue weighted by molar-refractivity contribution is 7.99. The summed E-state index contributed by atoms with van der Waals surface area (Å²) in [4.78, 5) is 8.16. The molecular weight excluding hydrogens is 234 g/mol. The van der Waals surface area contributed by atoms with Crippen molar-refractivity contribution in [3.05, 3.63) is 48.3 Å². The molecule has 0 spiro atoms. The fourth-order valence-corrected chi connectivity index (χ4v) is 2.10. The topological polar surface area (TPSA) is 72.0 Å². The smallest absolute Gasteiger partial charge is 0.187 e. The molecule has 4 nitrogen and oxygen atoms in total. The molecule has 0 amide bonds. The summed E-state index contributed by atoms with van der Waals surface area (Å²) in [6.45, 7) is 0. The van der Waals surface area contributed by atoms with Gasteiger partial charge in [0.25, 0.3) is 0 Å². The summed E-state index contributed by atoms with van der Waals surface area (Å²) >= 11 is 1.42. The Morgan fingerprint density at radius 1 is 1.18 bits per heavy atom. The summed E-state index contributed by atoms with van der Waals surface area (Å²) in [6, 6.07) is 8.98. The Morgan fingerprint density at radius 3 is 2.47 bits per heavy atom. The maximum atomic E-state index is 9.96. The quantitative estimate of drug-likeness (QED) is 0.490. The molecule has 1 aromatic heterocycles. The van der Waals surface area contributed by atoms with E-state index in [1.165, 1.54) is 11.8 Å². The van der Waals surface area contributed by atoms with Crippen LogP contribution in [-0.2, 0) is 0 Å². The maximum Gasteiger partial charge on any atom is 0.187 e. The molecule has 88 valence electrons. The molecule has 0 aliphatic carbocycles. The highest BCUT2D eigenvalue weighted by Gasteiger charge is 2.08. The molecule has 1 unspecified atom stereocenters. The minimum atomic E-state index is -0.538. The third kappa shape index (κ3) is 3.44. The van der Waals surface area contributed by atoms with Crippen molar-refractivity contribution in [3.63, 3.8) is 0 Å². The van der Waals surface area contributed by atoms with E-state index in [2.05, 4.69) is 9.97 Å².